The van der Waals surface area contributed by atoms with Crippen LogP contribution in [-0.4, -0.2) is 14.9 Å². The van der Waals surface area contributed by atoms with Crippen LogP contribution in [0.5, 0.6) is 0 Å². The van der Waals surface area contributed by atoms with Crippen molar-refractivity contribution in [2.45, 2.75) is 19.4 Å². The van der Waals surface area contributed by atoms with Crippen molar-refractivity contribution in [2.24, 2.45) is 7.05 Å². The fourth-order valence-corrected chi connectivity index (χ4v) is 1.88. The first-order valence-electron chi connectivity index (χ1n) is 5.30. The Morgan fingerprint density at radius 2 is 1.88 bits per heavy atom. The molecule has 3 heteroatoms. The average molecular weight is 216 g/mol. The molecule has 1 N–H and O–H groups in total. The van der Waals surface area contributed by atoms with Crippen LogP contribution in [0.3, 0.4) is 0 Å². The molecule has 0 spiro atoms. The van der Waals surface area contributed by atoms with Gasteiger partial charge >= 0.3 is 0 Å². The number of benzene rings is 1. The quantitative estimate of drug-likeness (QED) is 0.836. The van der Waals surface area contributed by atoms with Gasteiger partial charge in [0.2, 0.25) is 0 Å². The fraction of sp³-hybridized carbons (Fsp3) is 0.308. The lowest BCUT2D eigenvalue weighted by Crippen LogP contribution is -2.17. The third kappa shape index (κ3) is 1.86. The van der Waals surface area contributed by atoms with Crippen LogP contribution in [0.15, 0.2) is 36.5 Å². The van der Waals surface area contributed by atoms with Gasteiger partial charge in [-0.1, -0.05) is 24.3 Å². The molecule has 0 saturated carbocycles. The molecule has 1 heterocycles. The normalized spacial score (nSPS) is 11.8. The van der Waals surface area contributed by atoms with Crippen LogP contribution in [0.25, 0.3) is 11.3 Å². The van der Waals surface area contributed by atoms with Gasteiger partial charge in [0.25, 0.3) is 0 Å². The second kappa shape index (κ2) is 3.76. The van der Waals surface area contributed by atoms with Gasteiger partial charge in [0.15, 0.2) is 0 Å². The number of rotatable bonds is 2. The molecular formula is C13H16N2O. The molecule has 0 atom stereocenters. The molecule has 1 aromatic carbocycles. The molecular weight excluding hydrogens is 200 g/mol. The maximum Gasteiger partial charge on any atom is 0.0847 e. The molecule has 0 aliphatic carbocycles. The Bertz CT molecular complexity index is 495. The van der Waals surface area contributed by atoms with Crippen LogP contribution < -0.4 is 0 Å². The van der Waals surface area contributed by atoms with E-state index in [1.807, 2.05) is 42.1 Å². The largest absolute Gasteiger partial charge is 0.386 e. The van der Waals surface area contributed by atoms with Gasteiger partial charge in [0.1, 0.15) is 0 Å². The summed E-state index contributed by atoms with van der Waals surface area (Å²) in [5.74, 6) is 0. The summed E-state index contributed by atoms with van der Waals surface area (Å²) in [4.78, 5) is 0. The molecule has 0 radical (unpaired) electrons. The van der Waals surface area contributed by atoms with E-state index in [1.165, 1.54) is 0 Å². The number of hydrogen-bond acceptors (Lipinski definition) is 2. The highest BCUT2D eigenvalue weighted by Crippen LogP contribution is 2.30. The molecule has 2 aromatic rings. The van der Waals surface area contributed by atoms with Crippen LogP contribution in [0.2, 0.25) is 0 Å². The maximum absolute atomic E-state index is 10.1. The number of aryl methyl sites for hydroxylation is 1. The fourth-order valence-electron chi connectivity index (χ4n) is 1.88. The first-order valence-corrected chi connectivity index (χ1v) is 5.30. The molecule has 2 rings (SSSR count). The summed E-state index contributed by atoms with van der Waals surface area (Å²) in [6.45, 7) is 3.59. The molecule has 16 heavy (non-hydrogen) atoms. The molecule has 0 aliphatic heterocycles. The van der Waals surface area contributed by atoms with Crippen molar-refractivity contribution in [2.75, 3.05) is 0 Å². The van der Waals surface area contributed by atoms with Gasteiger partial charge < -0.3 is 5.11 Å². The van der Waals surface area contributed by atoms with Crippen molar-refractivity contribution in [1.82, 2.24) is 9.78 Å². The summed E-state index contributed by atoms with van der Waals surface area (Å²) >= 11 is 0. The molecule has 3 nitrogen and oxygen atoms in total. The Morgan fingerprint density at radius 3 is 2.44 bits per heavy atom. The predicted octanol–water partition coefficient (Wildman–Crippen LogP) is 2.31. The summed E-state index contributed by atoms with van der Waals surface area (Å²) in [6, 6.07) is 9.81. The van der Waals surface area contributed by atoms with Crippen molar-refractivity contribution < 1.29 is 5.11 Å². The lowest BCUT2D eigenvalue weighted by atomic mass is 9.92. The Labute approximate surface area is 95.3 Å². The van der Waals surface area contributed by atoms with Crippen LogP contribution >= 0.6 is 0 Å². The van der Waals surface area contributed by atoms with E-state index >= 15 is 0 Å². The van der Waals surface area contributed by atoms with Crippen molar-refractivity contribution >= 4 is 0 Å². The van der Waals surface area contributed by atoms with E-state index in [9.17, 15) is 5.11 Å². The van der Waals surface area contributed by atoms with Crippen molar-refractivity contribution in [3.8, 4) is 11.3 Å². The van der Waals surface area contributed by atoms with Gasteiger partial charge in [-0.25, -0.2) is 0 Å². The van der Waals surface area contributed by atoms with Gasteiger partial charge in [-0.05, 0) is 25.5 Å². The lowest BCUT2D eigenvalue weighted by molar-refractivity contribution is 0.0791. The van der Waals surface area contributed by atoms with Crippen LogP contribution in [0.1, 0.15) is 19.4 Å². The minimum Gasteiger partial charge on any atom is -0.386 e. The second-order valence-electron chi connectivity index (χ2n) is 4.44. The highest BCUT2D eigenvalue weighted by Gasteiger charge is 2.21. The summed E-state index contributed by atoms with van der Waals surface area (Å²) in [5, 5.41) is 14.3. The molecule has 0 amide bonds. The molecule has 1 aromatic heterocycles. The highest BCUT2D eigenvalue weighted by atomic mass is 16.3. The smallest absolute Gasteiger partial charge is 0.0847 e. The summed E-state index contributed by atoms with van der Waals surface area (Å²) in [6.07, 6.45) is 1.76. The Kier molecular flexibility index (Phi) is 2.56. The van der Waals surface area contributed by atoms with E-state index < -0.39 is 5.60 Å². The van der Waals surface area contributed by atoms with Gasteiger partial charge in [-0.2, -0.15) is 5.10 Å². The molecule has 84 valence electrons. The summed E-state index contributed by atoms with van der Waals surface area (Å²) in [7, 11) is 1.90. The van der Waals surface area contributed by atoms with Gasteiger partial charge in [-0.15, -0.1) is 0 Å². The Hall–Kier alpha value is -1.61. The van der Waals surface area contributed by atoms with Crippen LogP contribution in [-0.2, 0) is 12.6 Å². The topological polar surface area (TPSA) is 38.0 Å². The Balaban J connectivity index is 2.62. The third-order valence-corrected chi connectivity index (χ3v) is 2.68. The lowest BCUT2D eigenvalue weighted by Gasteiger charge is -2.21. The zero-order chi connectivity index (χ0) is 11.8. The standard InChI is InChI=1S/C13H16N2O/c1-13(2,16)11-7-5-4-6-10(11)12-8-9-14-15(12)3/h4-9,16H,1-3H3. The first kappa shape index (κ1) is 10.9. The molecule has 0 saturated heterocycles. The first-order chi connectivity index (χ1) is 7.50. The van der Waals surface area contributed by atoms with E-state index in [2.05, 4.69) is 5.10 Å². The summed E-state index contributed by atoms with van der Waals surface area (Å²) in [5.41, 5.74) is 2.10. The maximum atomic E-state index is 10.1. The predicted molar refractivity (Wildman–Crippen MR) is 63.9 cm³/mol. The minimum atomic E-state index is -0.846. The third-order valence-electron chi connectivity index (χ3n) is 2.68. The van der Waals surface area contributed by atoms with Gasteiger partial charge in [0.05, 0.1) is 11.3 Å². The Morgan fingerprint density at radius 1 is 1.19 bits per heavy atom. The summed E-state index contributed by atoms with van der Waals surface area (Å²) < 4.78 is 1.81. The van der Waals surface area contributed by atoms with E-state index in [-0.39, 0.29) is 0 Å². The van der Waals surface area contributed by atoms with Crippen LogP contribution in [0.4, 0.5) is 0 Å². The number of hydrogen-bond donors (Lipinski definition) is 1. The molecule has 0 bridgehead atoms. The highest BCUT2D eigenvalue weighted by molar-refractivity contribution is 5.65. The second-order valence-corrected chi connectivity index (χ2v) is 4.44. The number of aromatic nitrogens is 2. The van der Waals surface area contributed by atoms with Crippen molar-refractivity contribution in [1.29, 1.82) is 0 Å². The SMILES string of the molecule is Cn1nccc1-c1ccccc1C(C)(C)O. The van der Waals surface area contributed by atoms with E-state index in [0.29, 0.717) is 0 Å². The zero-order valence-electron chi connectivity index (χ0n) is 9.81. The van der Waals surface area contributed by atoms with Gasteiger partial charge in [-0.3, -0.25) is 4.68 Å². The van der Waals surface area contributed by atoms with Crippen molar-refractivity contribution in [3.05, 3.63) is 42.1 Å². The van der Waals surface area contributed by atoms with E-state index in [0.717, 1.165) is 16.8 Å². The zero-order valence-corrected chi connectivity index (χ0v) is 9.81. The van der Waals surface area contributed by atoms with E-state index in [1.54, 1.807) is 20.0 Å². The monoisotopic (exact) mass is 216 g/mol. The van der Waals surface area contributed by atoms with Crippen molar-refractivity contribution in [3.63, 3.8) is 0 Å². The number of nitrogens with zero attached hydrogens (tertiary/aromatic N) is 2. The van der Waals surface area contributed by atoms with E-state index in [4.69, 9.17) is 0 Å². The van der Waals surface area contributed by atoms with Crippen LogP contribution in [0, 0.1) is 0 Å². The molecule has 0 fully saturated rings. The molecule has 0 aliphatic rings. The molecule has 0 unspecified atom stereocenters. The number of aliphatic hydroxyl groups is 1. The average Bonchev–Trinajstić information content (AvgIpc) is 2.63. The van der Waals surface area contributed by atoms with Gasteiger partial charge in [0, 0.05) is 18.8 Å². The minimum absolute atomic E-state index is 0.846.